The molecular formula is C15H14F3N5. The Kier molecular flexibility index (Phi) is 4.24. The van der Waals surface area contributed by atoms with E-state index in [-0.39, 0.29) is 6.04 Å². The minimum absolute atomic E-state index is 0.224. The maximum atomic E-state index is 12.0. The van der Waals surface area contributed by atoms with E-state index in [0.717, 1.165) is 48.6 Å². The van der Waals surface area contributed by atoms with Gasteiger partial charge >= 0.3 is 0 Å². The van der Waals surface area contributed by atoms with Gasteiger partial charge in [0, 0.05) is 37.5 Å². The Bertz CT molecular complexity index is 833. The van der Waals surface area contributed by atoms with Crippen molar-refractivity contribution < 1.29 is 13.2 Å². The van der Waals surface area contributed by atoms with E-state index >= 15 is 0 Å². The van der Waals surface area contributed by atoms with Crippen molar-refractivity contribution in [3.05, 3.63) is 53.9 Å². The molecule has 1 aliphatic rings. The highest BCUT2D eigenvalue weighted by atomic mass is 19.2. The Morgan fingerprint density at radius 2 is 1.87 bits per heavy atom. The van der Waals surface area contributed by atoms with Crippen molar-refractivity contribution in [2.75, 3.05) is 0 Å². The molecule has 0 saturated carbocycles. The number of hydrogen-bond acceptors (Lipinski definition) is 4. The summed E-state index contributed by atoms with van der Waals surface area (Å²) in [6.45, 7) is 0.810. The molecule has 8 heteroatoms. The van der Waals surface area contributed by atoms with Crippen LogP contribution in [0.2, 0.25) is 0 Å². The van der Waals surface area contributed by atoms with E-state index in [1.54, 1.807) is 12.4 Å². The summed E-state index contributed by atoms with van der Waals surface area (Å²) in [4.78, 5) is 12.9. The SMILES string of the molecule is Fc1ccc(F)c(F)c1.N[C@@H]1CCc2nc3nccnc3n2C1. The Balaban J connectivity index is 0.000000151. The summed E-state index contributed by atoms with van der Waals surface area (Å²) in [5.41, 5.74) is 7.49. The number of halogens is 3. The van der Waals surface area contributed by atoms with Crippen molar-refractivity contribution >= 4 is 11.3 Å². The quantitative estimate of drug-likeness (QED) is 0.645. The van der Waals surface area contributed by atoms with Crippen LogP contribution in [0.3, 0.4) is 0 Å². The van der Waals surface area contributed by atoms with Crippen molar-refractivity contribution in [1.82, 2.24) is 19.5 Å². The molecule has 0 aliphatic carbocycles. The molecule has 0 saturated heterocycles. The van der Waals surface area contributed by atoms with Crippen LogP contribution < -0.4 is 5.73 Å². The fourth-order valence-electron chi connectivity index (χ4n) is 2.39. The Morgan fingerprint density at radius 1 is 1.09 bits per heavy atom. The van der Waals surface area contributed by atoms with Crippen LogP contribution in [0.15, 0.2) is 30.6 Å². The molecule has 0 spiro atoms. The van der Waals surface area contributed by atoms with Gasteiger partial charge in [0.25, 0.3) is 0 Å². The van der Waals surface area contributed by atoms with Gasteiger partial charge in [-0.15, -0.1) is 0 Å². The Hall–Kier alpha value is -2.48. The van der Waals surface area contributed by atoms with Crippen LogP contribution in [0.1, 0.15) is 12.2 Å². The number of imidazole rings is 1. The lowest BCUT2D eigenvalue weighted by atomic mass is 10.1. The summed E-state index contributed by atoms with van der Waals surface area (Å²) < 4.78 is 37.9. The van der Waals surface area contributed by atoms with Gasteiger partial charge in [0.15, 0.2) is 22.9 Å². The molecule has 3 aromatic rings. The first kappa shape index (κ1) is 15.4. The third-order valence-corrected chi connectivity index (χ3v) is 3.50. The van der Waals surface area contributed by atoms with Crippen LogP contribution in [0.25, 0.3) is 11.3 Å². The van der Waals surface area contributed by atoms with Gasteiger partial charge in [-0.25, -0.2) is 28.1 Å². The molecule has 23 heavy (non-hydrogen) atoms. The highest BCUT2D eigenvalue weighted by Crippen LogP contribution is 2.18. The Morgan fingerprint density at radius 3 is 2.61 bits per heavy atom. The molecule has 0 fully saturated rings. The first-order chi connectivity index (χ1) is 11.0. The predicted octanol–water partition coefficient (Wildman–Crippen LogP) is 2.20. The second-order valence-corrected chi connectivity index (χ2v) is 5.20. The molecular weight excluding hydrogens is 307 g/mol. The lowest BCUT2D eigenvalue weighted by Crippen LogP contribution is -2.32. The number of aryl methyl sites for hydroxylation is 1. The first-order valence-corrected chi connectivity index (χ1v) is 7.07. The zero-order chi connectivity index (χ0) is 16.4. The van der Waals surface area contributed by atoms with Gasteiger partial charge < -0.3 is 10.3 Å². The van der Waals surface area contributed by atoms with Crippen LogP contribution in [-0.4, -0.2) is 25.6 Å². The van der Waals surface area contributed by atoms with Gasteiger partial charge in [-0.3, -0.25) is 0 Å². The van der Waals surface area contributed by atoms with Crippen molar-refractivity contribution in [2.24, 2.45) is 5.73 Å². The molecule has 0 radical (unpaired) electrons. The second kappa shape index (κ2) is 6.33. The fraction of sp³-hybridized carbons (Fsp3) is 0.267. The van der Waals surface area contributed by atoms with Gasteiger partial charge in [0.05, 0.1) is 0 Å². The fourth-order valence-corrected chi connectivity index (χ4v) is 2.39. The van der Waals surface area contributed by atoms with E-state index in [1.807, 2.05) is 0 Å². The monoisotopic (exact) mass is 321 g/mol. The summed E-state index contributed by atoms with van der Waals surface area (Å²) in [5.74, 6) is -1.90. The van der Waals surface area contributed by atoms with Crippen molar-refractivity contribution in [1.29, 1.82) is 0 Å². The van der Waals surface area contributed by atoms with E-state index in [9.17, 15) is 13.2 Å². The topological polar surface area (TPSA) is 69.6 Å². The molecule has 0 amide bonds. The lowest BCUT2D eigenvalue weighted by molar-refractivity contribution is 0.460. The number of fused-ring (bicyclic) bond motifs is 3. The van der Waals surface area contributed by atoms with E-state index in [4.69, 9.17) is 5.73 Å². The smallest absolute Gasteiger partial charge is 0.197 e. The van der Waals surface area contributed by atoms with Crippen LogP contribution in [-0.2, 0) is 13.0 Å². The number of benzene rings is 1. The number of rotatable bonds is 0. The lowest BCUT2D eigenvalue weighted by Gasteiger charge is -2.19. The van der Waals surface area contributed by atoms with Gasteiger partial charge in [-0.1, -0.05) is 0 Å². The first-order valence-electron chi connectivity index (χ1n) is 7.07. The average molecular weight is 321 g/mol. The van der Waals surface area contributed by atoms with E-state index < -0.39 is 17.5 Å². The second-order valence-electron chi connectivity index (χ2n) is 5.20. The zero-order valence-corrected chi connectivity index (χ0v) is 12.1. The van der Waals surface area contributed by atoms with E-state index in [0.29, 0.717) is 6.07 Å². The van der Waals surface area contributed by atoms with Crippen LogP contribution >= 0.6 is 0 Å². The molecule has 0 bridgehead atoms. The minimum atomic E-state index is -1.16. The Labute approximate surface area is 130 Å². The summed E-state index contributed by atoms with van der Waals surface area (Å²) in [5, 5.41) is 0. The molecule has 4 rings (SSSR count). The van der Waals surface area contributed by atoms with E-state index in [1.165, 1.54) is 0 Å². The highest BCUT2D eigenvalue weighted by molar-refractivity contribution is 5.66. The third kappa shape index (κ3) is 3.31. The summed E-state index contributed by atoms with van der Waals surface area (Å²) in [7, 11) is 0. The maximum absolute atomic E-state index is 12.0. The molecule has 3 heterocycles. The molecule has 5 nitrogen and oxygen atoms in total. The van der Waals surface area contributed by atoms with Crippen molar-refractivity contribution in [3.63, 3.8) is 0 Å². The molecule has 2 aromatic heterocycles. The number of hydrogen-bond donors (Lipinski definition) is 1. The number of nitrogens with zero attached hydrogens (tertiary/aromatic N) is 4. The summed E-state index contributed by atoms with van der Waals surface area (Å²) in [6.07, 6.45) is 5.29. The summed E-state index contributed by atoms with van der Waals surface area (Å²) in [6, 6.07) is 2.32. The highest BCUT2D eigenvalue weighted by Gasteiger charge is 2.19. The average Bonchev–Trinajstić information content (AvgIpc) is 2.90. The molecule has 1 aliphatic heterocycles. The normalized spacial score (nSPS) is 16.6. The summed E-state index contributed by atoms with van der Waals surface area (Å²) >= 11 is 0. The van der Waals surface area contributed by atoms with Crippen molar-refractivity contribution in [3.8, 4) is 0 Å². The molecule has 0 unspecified atom stereocenters. The molecule has 120 valence electrons. The third-order valence-electron chi connectivity index (χ3n) is 3.50. The maximum Gasteiger partial charge on any atom is 0.197 e. The molecule has 1 aromatic carbocycles. The number of nitrogens with two attached hydrogens (primary N) is 1. The van der Waals surface area contributed by atoms with Gasteiger partial charge in [0.1, 0.15) is 11.6 Å². The van der Waals surface area contributed by atoms with Crippen LogP contribution in [0, 0.1) is 17.5 Å². The van der Waals surface area contributed by atoms with Crippen molar-refractivity contribution in [2.45, 2.75) is 25.4 Å². The predicted molar refractivity (Wildman–Crippen MR) is 77.9 cm³/mol. The van der Waals surface area contributed by atoms with Gasteiger partial charge in [-0.05, 0) is 18.6 Å². The van der Waals surface area contributed by atoms with Gasteiger partial charge in [0.2, 0.25) is 0 Å². The van der Waals surface area contributed by atoms with Crippen LogP contribution in [0.5, 0.6) is 0 Å². The molecule has 2 N–H and O–H groups in total. The van der Waals surface area contributed by atoms with E-state index in [2.05, 4.69) is 19.5 Å². The van der Waals surface area contributed by atoms with Gasteiger partial charge in [-0.2, -0.15) is 0 Å². The number of aromatic nitrogens is 4. The standard InChI is InChI=1S/C9H11N5.C6H3F3/c10-6-1-2-7-13-8-9(14(7)5-6)12-4-3-11-8;7-4-1-2-5(8)6(9)3-4/h3-4,6H,1-2,5,10H2;1-3H/t6-;/m1./s1. The van der Waals surface area contributed by atoms with Crippen LogP contribution in [0.4, 0.5) is 13.2 Å². The zero-order valence-electron chi connectivity index (χ0n) is 12.1. The minimum Gasteiger partial charge on any atom is -0.326 e. The largest absolute Gasteiger partial charge is 0.326 e. The molecule has 1 atom stereocenters.